The molecular weight excluding hydrogens is 395 g/mol. The molecule has 0 bridgehead atoms. The number of halogens is 2. The van der Waals surface area contributed by atoms with Crippen LogP contribution in [-0.4, -0.2) is 22.9 Å². The van der Waals surface area contributed by atoms with Gasteiger partial charge in [0.15, 0.2) is 0 Å². The van der Waals surface area contributed by atoms with E-state index in [1.54, 1.807) is 0 Å². The van der Waals surface area contributed by atoms with E-state index in [1.807, 2.05) is 57.2 Å². The van der Waals surface area contributed by atoms with E-state index < -0.39 is 4.33 Å². The molecule has 6 heteroatoms. The molecule has 0 amide bonds. The average molecular weight is 419 g/mol. The molecule has 2 aromatic carbocycles. The van der Waals surface area contributed by atoms with Crippen molar-refractivity contribution in [2.75, 3.05) is 7.11 Å². The summed E-state index contributed by atoms with van der Waals surface area (Å²) in [5.74, 6) is 0.182. The molecule has 0 aromatic heterocycles. The third-order valence-electron chi connectivity index (χ3n) is 4.97. The number of rotatable bonds is 7. The van der Waals surface area contributed by atoms with Gasteiger partial charge in [-0.05, 0) is 49.9 Å². The Morgan fingerprint density at radius 2 is 1.82 bits per heavy atom. The van der Waals surface area contributed by atoms with Crippen LogP contribution >= 0.6 is 23.2 Å². The molecule has 0 heterocycles. The van der Waals surface area contributed by atoms with Gasteiger partial charge in [-0.1, -0.05) is 46.7 Å². The van der Waals surface area contributed by atoms with E-state index >= 15 is 0 Å². The zero-order valence-corrected chi connectivity index (χ0v) is 18.0. The second kappa shape index (κ2) is 8.54. The molecule has 148 valence electrons. The smallest absolute Gasteiger partial charge is 0.143 e. The van der Waals surface area contributed by atoms with Crippen molar-refractivity contribution >= 4 is 34.6 Å². The van der Waals surface area contributed by atoms with Crippen LogP contribution in [0.1, 0.15) is 54.0 Å². The highest BCUT2D eigenvalue weighted by Crippen LogP contribution is 2.59. The van der Waals surface area contributed by atoms with Crippen molar-refractivity contribution in [3.63, 3.8) is 0 Å². The summed E-state index contributed by atoms with van der Waals surface area (Å²) in [4.78, 5) is 10.6. The summed E-state index contributed by atoms with van der Waals surface area (Å²) in [5, 5.41) is 8.35. The number of benzene rings is 2. The van der Waals surface area contributed by atoms with Gasteiger partial charge in [-0.2, -0.15) is 0 Å². The van der Waals surface area contributed by atoms with Crippen molar-refractivity contribution in [1.29, 1.82) is 0 Å². The standard InChI is InChI=1S/C22H24Cl2N2O2/c1-14-7-5-10-19(16(3)25-27-4)20(14)13-28-26-15(2)17-8-6-9-18(11-17)21-12-22(21,23)24/h5-11,21H,12-13H2,1-4H3/b25-16-,26-15+. The van der Waals surface area contributed by atoms with E-state index in [9.17, 15) is 0 Å². The maximum absolute atomic E-state index is 6.19. The van der Waals surface area contributed by atoms with Crippen LogP contribution in [0.5, 0.6) is 0 Å². The maximum atomic E-state index is 6.19. The van der Waals surface area contributed by atoms with E-state index in [0.717, 1.165) is 45.7 Å². The first-order valence-electron chi connectivity index (χ1n) is 9.15. The molecule has 1 aliphatic rings. The van der Waals surface area contributed by atoms with E-state index in [-0.39, 0.29) is 5.92 Å². The lowest BCUT2D eigenvalue weighted by Crippen LogP contribution is -2.05. The molecule has 0 N–H and O–H groups in total. The highest BCUT2D eigenvalue weighted by atomic mass is 35.5. The Kier molecular flexibility index (Phi) is 6.31. The van der Waals surface area contributed by atoms with Gasteiger partial charge < -0.3 is 9.68 Å². The van der Waals surface area contributed by atoms with E-state index in [1.165, 1.54) is 7.11 Å². The summed E-state index contributed by atoms with van der Waals surface area (Å²) < 4.78 is -0.636. The Morgan fingerprint density at radius 1 is 1.11 bits per heavy atom. The van der Waals surface area contributed by atoms with Crippen LogP contribution in [0.15, 0.2) is 52.8 Å². The Balaban J connectivity index is 1.74. The van der Waals surface area contributed by atoms with E-state index in [0.29, 0.717) is 6.61 Å². The molecule has 0 saturated heterocycles. The molecule has 1 unspecified atom stereocenters. The first-order valence-corrected chi connectivity index (χ1v) is 9.90. The molecule has 2 aromatic rings. The highest BCUT2D eigenvalue weighted by Gasteiger charge is 2.52. The predicted molar refractivity (Wildman–Crippen MR) is 116 cm³/mol. The largest absolute Gasteiger partial charge is 0.399 e. The minimum absolute atomic E-state index is 0.182. The Bertz CT molecular complexity index is 923. The van der Waals surface area contributed by atoms with Crippen LogP contribution in [0.3, 0.4) is 0 Å². The van der Waals surface area contributed by atoms with Crippen molar-refractivity contribution in [2.24, 2.45) is 10.3 Å². The number of alkyl halides is 2. The fraction of sp³-hybridized carbons (Fsp3) is 0.364. The van der Waals surface area contributed by atoms with Gasteiger partial charge in [0, 0.05) is 17.0 Å². The van der Waals surface area contributed by atoms with E-state index in [2.05, 4.69) is 16.4 Å². The molecule has 1 saturated carbocycles. The van der Waals surface area contributed by atoms with Gasteiger partial charge in [-0.3, -0.25) is 0 Å². The molecular formula is C22H24Cl2N2O2. The average Bonchev–Trinajstić information content (AvgIpc) is 3.31. The molecule has 4 nitrogen and oxygen atoms in total. The van der Waals surface area contributed by atoms with Crippen LogP contribution < -0.4 is 0 Å². The second-order valence-corrected chi connectivity index (χ2v) is 8.60. The Hall–Kier alpha value is -2.04. The summed E-state index contributed by atoms with van der Waals surface area (Å²) >= 11 is 12.4. The summed E-state index contributed by atoms with van der Waals surface area (Å²) in [6, 6.07) is 14.2. The minimum atomic E-state index is -0.636. The van der Waals surface area contributed by atoms with Crippen molar-refractivity contribution in [1.82, 2.24) is 0 Å². The summed E-state index contributed by atoms with van der Waals surface area (Å²) in [5.41, 5.74) is 6.87. The summed E-state index contributed by atoms with van der Waals surface area (Å²) in [6.45, 7) is 6.23. The molecule has 0 radical (unpaired) electrons. The first-order chi connectivity index (χ1) is 13.3. The van der Waals surface area contributed by atoms with Gasteiger partial charge in [-0.15, -0.1) is 23.2 Å². The van der Waals surface area contributed by atoms with Gasteiger partial charge in [0.05, 0.1) is 11.4 Å². The lowest BCUT2D eigenvalue weighted by atomic mass is 10.00. The maximum Gasteiger partial charge on any atom is 0.143 e. The van der Waals surface area contributed by atoms with Crippen LogP contribution in [0.2, 0.25) is 0 Å². The highest BCUT2D eigenvalue weighted by molar-refractivity contribution is 6.51. The SMILES string of the molecule is CO/N=C(/C)c1cccc(C)c1CO/N=C(\C)c1cccc(C2CC2(Cl)Cl)c1. The van der Waals surface area contributed by atoms with Crippen molar-refractivity contribution < 1.29 is 9.68 Å². The quantitative estimate of drug-likeness (QED) is 0.315. The van der Waals surface area contributed by atoms with Crippen LogP contribution in [0, 0.1) is 6.92 Å². The fourth-order valence-electron chi connectivity index (χ4n) is 3.22. The first kappa shape index (κ1) is 20.7. The Morgan fingerprint density at radius 3 is 2.50 bits per heavy atom. The second-order valence-electron chi connectivity index (χ2n) is 7.05. The molecule has 28 heavy (non-hydrogen) atoms. The zero-order valence-electron chi connectivity index (χ0n) is 16.5. The Labute approximate surface area is 176 Å². The minimum Gasteiger partial charge on any atom is -0.399 e. The van der Waals surface area contributed by atoms with Gasteiger partial charge in [-0.25, -0.2) is 0 Å². The molecule has 0 spiro atoms. The summed E-state index contributed by atoms with van der Waals surface area (Å²) in [7, 11) is 1.54. The zero-order chi connectivity index (χ0) is 20.3. The third kappa shape index (κ3) is 4.68. The monoisotopic (exact) mass is 418 g/mol. The molecule has 3 rings (SSSR count). The normalized spacial score (nSPS) is 18.7. The lowest BCUT2D eigenvalue weighted by Gasteiger charge is -2.11. The van der Waals surface area contributed by atoms with Crippen molar-refractivity contribution in [3.05, 3.63) is 70.3 Å². The molecule has 1 atom stereocenters. The van der Waals surface area contributed by atoms with Crippen LogP contribution in [0.25, 0.3) is 0 Å². The van der Waals surface area contributed by atoms with Gasteiger partial charge in [0.1, 0.15) is 18.1 Å². The van der Waals surface area contributed by atoms with Gasteiger partial charge in [0.2, 0.25) is 0 Å². The number of oxime groups is 2. The van der Waals surface area contributed by atoms with Crippen molar-refractivity contribution in [3.8, 4) is 0 Å². The van der Waals surface area contributed by atoms with Crippen LogP contribution in [-0.2, 0) is 16.3 Å². The third-order valence-corrected chi connectivity index (χ3v) is 5.81. The fourth-order valence-corrected chi connectivity index (χ4v) is 3.78. The number of hydrogen-bond acceptors (Lipinski definition) is 4. The van der Waals surface area contributed by atoms with Gasteiger partial charge >= 0.3 is 0 Å². The molecule has 1 aliphatic carbocycles. The number of aryl methyl sites for hydroxylation is 1. The lowest BCUT2D eigenvalue weighted by molar-refractivity contribution is 0.130. The predicted octanol–water partition coefficient (Wildman–Crippen LogP) is 5.97. The molecule has 0 aliphatic heterocycles. The van der Waals surface area contributed by atoms with Crippen molar-refractivity contribution in [2.45, 2.75) is 44.1 Å². The van der Waals surface area contributed by atoms with Crippen LogP contribution in [0.4, 0.5) is 0 Å². The molecule has 1 fully saturated rings. The van der Waals surface area contributed by atoms with E-state index in [4.69, 9.17) is 32.9 Å². The number of nitrogens with zero attached hydrogens (tertiary/aromatic N) is 2. The summed E-state index contributed by atoms with van der Waals surface area (Å²) in [6.07, 6.45) is 0.782. The topological polar surface area (TPSA) is 43.2 Å². The van der Waals surface area contributed by atoms with Gasteiger partial charge in [0.25, 0.3) is 0 Å². The number of hydrogen-bond donors (Lipinski definition) is 0.